The third-order valence-corrected chi connectivity index (χ3v) is 7.58. The normalized spacial score (nSPS) is 21.4. The Morgan fingerprint density at radius 3 is 2.54 bits per heavy atom. The van der Waals surface area contributed by atoms with Gasteiger partial charge in [-0.1, -0.05) is 13.0 Å². The molecule has 0 spiro atoms. The van der Waals surface area contributed by atoms with E-state index in [0.717, 1.165) is 23.0 Å². The van der Waals surface area contributed by atoms with Crippen molar-refractivity contribution in [3.8, 4) is 5.75 Å². The highest BCUT2D eigenvalue weighted by atomic mass is 19.4. The van der Waals surface area contributed by atoms with Gasteiger partial charge < -0.3 is 23.7 Å². The molecule has 0 fully saturated rings. The van der Waals surface area contributed by atoms with Crippen LogP contribution >= 0.6 is 0 Å². The molecule has 5 rings (SSSR count). The van der Waals surface area contributed by atoms with Crippen LogP contribution in [0, 0.1) is 18.7 Å². The van der Waals surface area contributed by atoms with Gasteiger partial charge in [0.05, 0.1) is 30.4 Å². The first kappa shape index (κ1) is 28.6. The van der Waals surface area contributed by atoms with E-state index in [0.29, 0.717) is 36.7 Å². The third-order valence-electron chi connectivity index (χ3n) is 7.58. The summed E-state index contributed by atoms with van der Waals surface area (Å²) in [5.41, 5.74) is -2.17. The number of rotatable bonds is 6. The van der Waals surface area contributed by atoms with Gasteiger partial charge in [-0.05, 0) is 64.0 Å². The Bertz CT molecular complexity index is 1560. The number of nitrogens with zero attached hydrogens (tertiary/aromatic N) is 5. The summed E-state index contributed by atoms with van der Waals surface area (Å²) >= 11 is 0. The van der Waals surface area contributed by atoms with E-state index in [1.54, 1.807) is 13.4 Å². The molecule has 8 nitrogen and oxygen atoms in total. The minimum absolute atomic E-state index is 0.164. The fourth-order valence-electron chi connectivity index (χ4n) is 5.43. The summed E-state index contributed by atoms with van der Waals surface area (Å²) < 4.78 is 69.9. The summed E-state index contributed by atoms with van der Waals surface area (Å²) in [6, 6.07) is 2.43. The lowest BCUT2D eigenvalue weighted by atomic mass is 9.79. The number of halogens is 4. The lowest BCUT2D eigenvalue weighted by molar-refractivity contribution is -0.143. The van der Waals surface area contributed by atoms with Gasteiger partial charge in [-0.3, -0.25) is 0 Å². The fourth-order valence-corrected chi connectivity index (χ4v) is 5.43. The largest absolute Gasteiger partial charge is 0.495 e. The van der Waals surface area contributed by atoms with Crippen molar-refractivity contribution >= 4 is 11.3 Å². The molecule has 1 aliphatic heterocycles. The van der Waals surface area contributed by atoms with Crippen molar-refractivity contribution in [1.29, 1.82) is 0 Å². The smallest absolute Gasteiger partial charge is 0.419 e. The summed E-state index contributed by atoms with van der Waals surface area (Å²) in [6.45, 7) is 7.40. The van der Waals surface area contributed by atoms with Crippen LogP contribution in [0.15, 0.2) is 54.7 Å². The van der Waals surface area contributed by atoms with E-state index in [2.05, 4.69) is 15.2 Å². The van der Waals surface area contributed by atoms with Crippen LogP contribution in [0.1, 0.15) is 56.5 Å². The summed E-state index contributed by atoms with van der Waals surface area (Å²) in [7, 11) is 1.59. The number of ether oxygens (including phenoxy) is 2. The van der Waals surface area contributed by atoms with Gasteiger partial charge in [0.25, 0.3) is 0 Å². The Morgan fingerprint density at radius 2 is 1.90 bits per heavy atom. The molecule has 0 radical (unpaired) electrons. The van der Waals surface area contributed by atoms with Crippen LogP contribution in [0.4, 0.5) is 17.6 Å². The summed E-state index contributed by atoms with van der Waals surface area (Å²) in [5.74, 6) is -0.366. The lowest BCUT2D eigenvalue weighted by Gasteiger charge is -2.45. The topological polar surface area (TPSA) is 87.2 Å². The molecule has 1 unspecified atom stereocenters. The lowest BCUT2D eigenvalue weighted by Crippen LogP contribution is -2.55. The molecule has 218 valence electrons. The number of aliphatic hydroxyl groups is 1. The maximum atomic E-state index is 14.0. The summed E-state index contributed by atoms with van der Waals surface area (Å²) in [4.78, 5) is 4.31. The maximum absolute atomic E-state index is 14.0. The van der Waals surface area contributed by atoms with Crippen LogP contribution in [-0.4, -0.2) is 42.1 Å². The summed E-state index contributed by atoms with van der Waals surface area (Å²) in [6.07, 6.45) is 5.22. The van der Waals surface area contributed by atoms with Crippen LogP contribution < -0.4 is 4.74 Å². The van der Waals surface area contributed by atoms with Gasteiger partial charge in [0.15, 0.2) is 17.2 Å². The molecule has 41 heavy (non-hydrogen) atoms. The second-order valence-corrected chi connectivity index (χ2v) is 10.8. The molecular weight excluding hydrogens is 542 g/mol. The van der Waals surface area contributed by atoms with Gasteiger partial charge in [0.2, 0.25) is 0 Å². The second-order valence-electron chi connectivity index (χ2n) is 10.8. The molecule has 0 saturated carbocycles. The first-order valence-corrected chi connectivity index (χ1v) is 13.2. The molecule has 3 aromatic rings. The quantitative estimate of drug-likeness (QED) is 0.371. The molecule has 2 aromatic heterocycles. The first-order chi connectivity index (χ1) is 19.2. The predicted octanol–water partition coefficient (Wildman–Crippen LogP) is 5.88. The van der Waals surface area contributed by atoms with Gasteiger partial charge in [-0.2, -0.15) is 13.2 Å². The van der Waals surface area contributed by atoms with Crippen molar-refractivity contribution in [3.63, 3.8) is 0 Å². The van der Waals surface area contributed by atoms with E-state index in [-0.39, 0.29) is 23.9 Å². The standard InChI is InChI=1S/C29H31F4N5O3/c1-17-13-24(40-5)23(37-15-18(2)34-16-37)10-8-20(17)25-35-36-26-28(27(3,4)39,11-6-12-38(25)26)41-19-7-9-22(30)21(14-19)29(31,32)33/h7-10,13-17,39H,6,11-12H2,1-5H3/t17-,28?/m1/s1. The molecule has 0 amide bonds. The molecule has 3 heterocycles. The molecule has 0 bridgehead atoms. The zero-order valence-corrected chi connectivity index (χ0v) is 23.3. The fraction of sp³-hybridized carbons (Fsp3) is 0.414. The van der Waals surface area contributed by atoms with Crippen LogP contribution in [0.3, 0.4) is 0 Å². The van der Waals surface area contributed by atoms with E-state index < -0.39 is 28.8 Å². The number of aryl methyl sites for hydroxylation is 1. The summed E-state index contributed by atoms with van der Waals surface area (Å²) in [5, 5.41) is 20.3. The van der Waals surface area contributed by atoms with Crippen molar-refractivity contribution in [2.75, 3.05) is 7.11 Å². The molecule has 2 aliphatic rings. The monoisotopic (exact) mass is 573 g/mol. The van der Waals surface area contributed by atoms with E-state index in [1.165, 1.54) is 13.8 Å². The van der Waals surface area contributed by atoms with Crippen molar-refractivity contribution in [1.82, 2.24) is 24.3 Å². The molecule has 1 aromatic carbocycles. The van der Waals surface area contributed by atoms with Crippen LogP contribution in [-0.2, 0) is 23.1 Å². The number of hydrogen-bond donors (Lipinski definition) is 1. The van der Waals surface area contributed by atoms with Crippen LogP contribution in [0.5, 0.6) is 5.75 Å². The number of allylic oxidation sites excluding steroid dienone is 5. The van der Waals surface area contributed by atoms with E-state index in [1.807, 2.05) is 47.4 Å². The zero-order valence-electron chi connectivity index (χ0n) is 23.3. The van der Waals surface area contributed by atoms with Crippen LogP contribution in [0.2, 0.25) is 0 Å². The van der Waals surface area contributed by atoms with Crippen molar-refractivity contribution in [3.05, 3.63) is 83.4 Å². The Hall–Kier alpha value is -3.93. The number of benzene rings is 1. The highest BCUT2D eigenvalue weighted by Crippen LogP contribution is 2.46. The Labute approximate surface area is 234 Å². The molecule has 12 heteroatoms. The highest BCUT2D eigenvalue weighted by Gasteiger charge is 2.54. The van der Waals surface area contributed by atoms with E-state index in [4.69, 9.17) is 9.47 Å². The van der Waals surface area contributed by atoms with Crippen molar-refractivity contribution < 1.29 is 32.1 Å². The van der Waals surface area contributed by atoms with E-state index in [9.17, 15) is 22.7 Å². The molecular formula is C29H31F4N5O3. The number of imidazole rings is 1. The number of aromatic nitrogens is 5. The van der Waals surface area contributed by atoms with Gasteiger partial charge >= 0.3 is 6.18 Å². The second kappa shape index (κ2) is 10.2. The number of fused-ring (bicyclic) bond motifs is 1. The van der Waals surface area contributed by atoms with Gasteiger partial charge in [0.1, 0.15) is 22.9 Å². The Kier molecular flexibility index (Phi) is 7.09. The SMILES string of the molecule is COC1=C[C@@H](C)C(c2nnc3n2CCCC3(Oc2ccc(F)c(C(F)(F)F)c2)C(C)(C)O)=CC=C1n1cnc(C)c1. The Morgan fingerprint density at radius 1 is 1.15 bits per heavy atom. The van der Waals surface area contributed by atoms with Crippen LogP contribution in [0.25, 0.3) is 11.3 Å². The number of alkyl halides is 3. The minimum atomic E-state index is -4.91. The zero-order chi connectivity index (χ0) is 29.7. The van der Waals surface area contributed by atoms with Gasteiger partial charge in [0, 0.05) is 24.2 Å². The Balaban J connectivity index is 1.60. The molecule has 0 saturated heterocycles. The minimum Gasteiger partial charge on any atom is -0.495 e. The molecule has 1 N–H and O–H groups in total. The molecule has 1 aliphatic carbocycles. The predicted molar refractivity (Wildman–Crippen MR) is 143 cm³/mol. The number of hydrogen-bond acceptors (Lipinski definition) is 6. The van der Waals surface area contributed by atoms with Crippen molar-refractivity contribution in [2.45, 2.75) is 64.5 Å². The third kappa shape index (κ3) is 5.05. The average molecular weight is 574 g/mol. The van der Waals surface area contributed by atoms with Gasteiger partial charge in [-0.25, -0.2) is 9.37 Å². The van der Waals surface area contributed by atoms with Crippen molar-refractivity contribution in [2.24, 2.45) is 5.92 Å². The van der Waals surface area contributed by atoms with E-state index >= 15 is 0 Å². The number of methoxy groups -OCH3 is 1. The molecule has 2 atom stereocenters. The van der Waals surface area contributed by atoms with Gasteiger partial charge in [-0.15, -0.1) is 10.2 Å². The highest BCUT2D eigenvalue weighted by molar-refractivity contribution is 5.75. The first-order valence-electron chi connectivity index (χ1n) is 13.2. The average Bonchev–Trinajstić information content (AvgIpc) is 3.48. The maximum Gasteiger partial charge on any atom is 0.419 e.